The van der Waals surface area contributed by atoms with E-state index in [1.54, 1.807) is 0 Å². The number of hydrogen-bond donors (Lipinski definition) is 6. The first kappa shape index (κ1) is 67.1. The van der Waals surface area contributed by atoms with Crippen LogP contribution in [0.15, 0.2) is 12.2 Å². The molecule has 6 unspecified atom stereocenters. The molecular formula is C57H111O12P. The van der Waals surface area contributed by atoms with Crippen molar-refractivity contribution < 1.29 is 58.3 Å². The van der Waals surface area contributed by atoms with Gasteiger partial charge in [-0.3, -0.25) is 13.8 Å². The van der Waals surface area contributed by atoms with Crippen molar-refractivity contribution in [2.75, 3.05) is 19.8 Å². The third-order valence-electron chi connectivity index (χ3n) is 14.1. The first-order chi connectivity index (χ1) is 34.0. The second-order valence-electron chi connectivity index (χ2n) is 20.9. The molecule has 0 amide bonds. The quantitative estimate of drug-likeness (QED) is 0.0146. The number of hydrogen-bond acceptors (Lipinski definition) is 11. The minimum atomic E-state index is -5.02. The molecule has 13 heteroatoms. The van der Waals surface area contributed by atoms with Gasteiger partial charge < -0.3 is 39.9 Å². The number of ether oxygens (including phenoxy) is 2. The number of esters is 1. The summed E-state index contributed by atoms with van der Waals surface area (Å²) in [6, 6.07) is 0. The fourth-order valence-electron chi connectivity index (χ4n) is 9.47. The summed E-state index contributed by atoms with van der Waals surface area (Å²) in [5.41, 5.74) is 0. The SMILES string of the molecule is CCCCCCCC/C=C\CCCCCCCCCCCCOCC(COP(=O)(O)OC1C(O)C(O)C(O)C(O)C1O)OC(=O)CCCCCCCCCCCCCCCCCCCCCCCCC. The molecule has 0 aliphatic heterocycles. The van der Waals surface area contributed by atoms with Crippen LogP contribution in [0, 0.1) is 0 Å². The summed E-state index contributed by atoms with van der Waals surface area (Å²) in [6.45, 7) is 4.32. The molecule has 0 aromatic carbocycles. The Labute approximate surface area is 428 Å². The minimum Gasteiger partial charge on any atom is -0.457 e. The van der Waals surface area contributed by atoms with E-state index in [-0.39, 0.29) is 13.0 Å². The van der Waals surface area contributed by atoms with E-state index in [1.807, 2.05) is 0 Å². The Kier molecular flexibility index (Phi) is 45.8. The van der Waals surface area contributed by atoms with Gasteiger partial charge in [0.15, 0.2) is 0 Å². The van der Waals surface area contributed by atoms with Crippen LogP contribution in [0.1, 0.15) is 284 Å². The summed E-state index contributed by atoms with van der Waals surface area (Å²) in [4.78, 5) is 23.3. The molecule has 6 N–H and O–H groups in total. The lowest BCUT2D eigenvalue weighted by atomic mass is 9.85. The Hall–Kier alpha value is -0.920. The lowest BCUT2D eigenvalue weighted by Gasteiger charge is -2.41. The summed E-state index contributed by atoms with van der Waals surface area (Å²) < 4.78 is 34.4. The molecule has 70 heavy (non-hydrogen) atoms. The number of rotatable bonds is 52. The van der Waals surface area contributed by atoms with E-state index in [9.17, 15) is 39.8 Å². The zero-order chi connectivity index (χ0) is 51.2. The Morgan fingerprint density at radius 2 is 0.757 bits per heavy atom. The van der Waals surface area contributed by atoms with Gasteiger partial charge in [-0.05, 0) is 38.5 Å². The van der Waals surface area contributed by atoms with Crippen LogP contribution in [0.5, 0.6) is 0 Å². The molecule has 6 atom stereocenters. The highest BCUT2D eigenvalue weighted by Gasteiger charge is 2.51. The van der Waals surface area contributed by atoms with Crippen LogP contribution in [0.25, 0.3) is 0 Å². The summed E-state index contributed by atoms with van der Waals surface area (Å²) in [7, 11) is -5.02. The molecule has 416 valence electrons. The number of allylic oxidation sites excluding steroid dienone is 2. The molecule has 0 saturated heterocycles. The van der Waals surface area contributed by atoms with E-state index in [0.29, 0.717) is 13.0 Å². The zero-order valence-electron chi connectivity index (χ0n) is 45.1. The van der Waals surface area contributed by atoms with Gasteiger partial charge >= 0.3 is 13.8 Å². The molecule has 12 nitrogen and oxygen atoms in total. The van der Waals surface area contributed by atoms with Gasteiger partial charge in [-0.15, -0.1) is 0 Å². The van der Waals surface area contributed by atoms with Crippen LogP contribution in [-0.2, 0) is 27.9 Å². The maximum Gasteiger partial charge on any atom is 0.472 e. The first-order valence-corrected chi connectivity index (χ1v) is 31.0. The fraction of sp³-hybridized carbons (Fsp3) is 0.947. The predicted molar refractivity (Wildman–Crippen MR) is 286 cm³/mol. The molecule has 0 heterocycles. The second kappa shape index (κ2) is 47.8. The largest absolute Gasteiger partial charge is 0.472 e. The molecule has 1 fully saturated rings. The molecule has 1 rings (SSSR count). The van der Waals surface area contributed by atoms with Crippen molar-refractivity contribution in [2.24, 2.45) is 0 Å². The number of aliphatic hydroxyl groups excluding tert-OH is 5. The molecule has 0 aromatic rings. The molecule has 0 bridgehead atoms. The van der Waals surface area contributed by atoms with Crippen LogP contribution >= 0.6 is 7.82 Å². The van der Waals surface area contributed by atoms with E-state index in [2.05, 4.69) is 26.0 Å². The van der Waals surface area contributed by atoms with Gasteiger partial charge in [0, 0.05) is 13.0 Å². The van der Waals surface area contributed by atoms with Gasteiger partial charge in [0.1, 0.15) is 42.7 Å². The Morgan fingerprint density at radius 1 is 0.443 bits per heavy atom. The lowest BCUT2D eigenvalue weighted by Crippen LogP contribution is -2.64. The third-order valence-corrected chi connectivity index (χ3v) is 15.1. The van der Waals surface area contributed by atoms with Crippen molar-refractivity contribution >= 4 is 13.8 Å². The standard InChI is InChI=1S/C57H111O12P/c1-3-5-7-9-11-13-15-17-19-21-23-25-26-27-28-30-32-34-36-38-40-42-44-46-51(58)68-50(49-67-70(64,65)69-57-55(62)53(60)52(59)54(61)56(57)63)48-66-47-45-43-41-39-37-35-33-31-29-24-22-20-18-16-14-12-10-8-6-4-2/h18,20,50,52-57,59-63H,3-17,19,21-49H2,1-2H3,(H,64,65)/b20-18-. The van der Waals surface area contributed by atoms with Gasteiger partial charge in [0.25, 0.3) is 0 Å². The maximum atomic E-state index is 12.9. The second-order valence-corrected chi connectivity index (χ2v) is 22.3. The molecule has 1 saturated carbocycles. The van der Waals surface area contributed by atoms with Crippen molar-refractivity contribution in [1.82, 2.24) is 0 Å². The van der Waals surface area contributed by atoms with E-state index in [4.69, 9.17) is 18.5 Å². The fourth-order valence-corrected chi connectivity index (χ4v) is 10.4. The average Bonchev–Trinajstić information content (AvgIpc) is 3.35. The monoisotopic (exact) mass is 1020 g/mol. The molecule has 0 spiro atoms. The number of aliphatic hydroxyl groups is 5. The summed E-state index contributed by atoms with van der Waals surface area (Å²) in [5.74, 6) is -0.469. The Balaban J connectivity index is 2.26. The predicted octanol–water partition coefficient (Wildman–Crippen LogP) is 14.2. The first-order valence-electron chi connectivity index (χ1n) is 29.5. The van der Waals surface area contributed by atoms with Gasteiger partial charge in [0.05, 0.1) is 13.2 Å². The normalized spacial score (nSPS) is 20.9. The maximum absolute atomic E-state index is 12.9. The summed E-state index contributed by atoms with van der Waals surface area (Å²) >= 11 is 0. The third kappa shape index (κ3) is 38.6. The van der Waals surface area contributed by atoms with Crippen molar-refractivity contribution in [3.8, 4) is 0 Å². The number of unbranched alkanes of at least 4 members (excludes halogenated alkanes) is 38. The smallest absolute Gasteiger partial charge is 0.457 e. The van der Waals surface area contributed by atoms with Crippen LogP contribution in [-0.4, -0.2) is 98.9 Å². The highest BCUT2D eigenvalue weighted by atomic mass is 31.2. The summed E-state index contributed by atoms with van der Waals surface area (Å²) in [6.07, 6.45) is 44.3. The van der Waals surface area contributed by atoms with Crippen molar-refractivity contribution in [2.45, 2.75) is 326 Å². The van der Waals surface area contributed by atoms with E-state index >= 15 is 0 Å². The van der Waals surface area contributed by atoms with Crippen molar-refractivity contribution in [3.05, 3.63) is 12.2 Å². The number of carbonyl (C=O) groups is 1. The molecule has 1 aliphatic carbocycles. The highest BCUT2D eigenvalue weighted by molar-refractivity contribution is 7.47. The van der Waals surface area contributed by atoms with E-state index in [0.717, 1.165) is 38.5 Å². The Morgan fingerprint density at radius 3 is 1.13 bits per heavy atom. The number of phosphoric acid groups is 1. The number of phosphoric ester groups is 1. The van der Waals surface area contributed by atoms with Gasteiger partial charge in [-0.2, -0.15) is 0 Å². The van der Waals surface area contributed by atoms with Crippen molar-refractivity contribution in [1.29, 1.82) is 0 Å². The highest BCUT2D eigenvalue weighted by Crippen LogP contribution is 2.47. The Bertz CT molecular complexity index is 1210. The molecule has 1 aliphatic rings. The van der Waals surface area contributed by atoms with Gasteiger partial charge in [-0.25, -0.2) is 4.57 Å². The molecule has 0 radical (unpaired) electrons. The van der Waals surface area contributed by atoms with Crippen LogP contribution < -0.4 is 0 Å². The van der Waals surface area contributed by atoms with Crippen molar-refractivity contribution in [3.63, 3.8) is 0 Å². The van der Waals surface area contributed by atoms with Gasteiger partial charge in [-0.1, -0.05) is 251 Å². The molecule has 0 aromatic heterocycles. The van der Waals surface area contributed by atoms with Crippen LogP contribution in [0.3, 0.4) is 0 Å². The number of carbonyl (C=O) groups excluding carboxylic acids is 1. The topological polar surface area (TPSA) is 192 Å². The van der Waals surface area contributed by atoms with Crippen LogP contribution in [0.2, 0.25) is 0 Å². The van der Waals surface area contributed by atoms with E-state index < -0.39 is 63.1 Å². The lowest BCUT2D eigenvalue weighted by molar-refractivity contribution is -0.220. The molecular weight excluding hydrogens is 908 g/mol. The zero-order valence-corrected chi connectivity index (χ0v) is 46.0. The van der Waals surface area contributed by atoms with Crippen LogP contribution in [0.4, 0.5) is 0 Å². The van der Waals surface area contributed by atoms with E-state index in [1.165, 1.54) is 218 Å². The van der Waals surface area contributed by atoms with Gasteiger partial charge in [0.2, 0.25) is 0 Å². The summed E-state index contributed by atoms with van der Waals surface area (Å²) in [5, 5.41) is 50.4. The minimum absolute atomic E-state index is 0.0711. The average molecular weight is 1020 g/mol.